The molecule has 0 radical (unpaired) electrons. The largest absolute Gasteiger partial charge is 0.480 e. The summed E-state index contributed by atoms with van der Waals surface area (Å²) in [4.78, 5) is 11.1. The van der Waals surface area contributed by atoms with E-state index >= 15 is 0 Å². The molecule has 1 unspecified atom stereocenters. The van der Waals surface area contributed by atoms with E-state index in [0.29, 0.717) is 0 Å². The molecule has 2 aromatic rings. The molecule has 1 aromatic carbocycles. The van der Waals surface area contributed by atoms with Crippen LogP contribution >= 0.6 is 0 Å². The van der Waals surface area contributed by atoms with Crippen LogP contribution in [-0.2, 0) is 11.3 Å². The van der Waals surface area contributed by atoms with Gasteiger partial charge in [-0.25, -0.2) is 0 Å². The van der Waals surface area contributed by atoms with Gasteiger partial charge in [0.25, 0.3) is 0 Å². The number of aliphatic carboxylic acids is 1. The Morgan fingerprint density at radius 3 is 2.67 bits per heavy atom. The Morgan fingerprint density at radius 2 is 2.11 bits per heavy atom. The monoisotopic (exact) mass is 246 g/mol. The molecule has 0 fully saturated rings. The van der Waals surface area contributed by atoms with Crippen LogP contribution in [0.15, 0.2) is 18.2 Å². The smallest absolute Gasteiger partial charge is 0.325 e. The predicted molar refractivity (Wildman–Crippen MR) is 71.7 cm³/mol. The number of rotatable bonds is 3. The summed E-state index contributed by atoms with van der Waals surface area (Å²) < 4.78 is 2.11. The lowest BCUT2D eigenvalue weighted by Crippen LogP contribution is -2.21. The zero-order valence-electron chi connectivity index (χ0n) is 10.9. The minimum Gasteiger partial charge on any atom is -0.480 e. The molecule has 0 saturated heterocycles. The van der Waals surface area contributed by atoms with E-state index in [4.69, 9.17) is 10.8 Å². The third-order valence-corrected chi connectivity index (χ3v) is 3.42. The average Bonchev–Trinajstić information content (AvgIpc) is 2.59. The third-order valence-electron chi connectivity index (χ3n) is 3.42. The number of fused-ring (bicyclic) bond motifs is 1. The second-order valence-electron chi connectivity index (χ2n) is 4.58. The lowest BCUT2D eigenvalue weighted by molar-refractivity contribution is -0.138. The van der Waals surface area contributed by atoms with Crippen molar-refractivity contribution in [2.75, 3.05) is 0 Å². The van der Waals surface area contributed by atoms with Gasteiger partial charge in [-0.05, 0) is 32.4 Å². The number of nitrogens with zero attached hydrogens (tertiary/aromatic N) is 1. The van der Waals surface area contributed by atoms with Gasteiger partial charge >= 0.3 is 5.97 Å². The number of carboxylic acids is 1. The van der Waals surface area contributed by atoms with Crippen molar-refractivity contribution in [2.24, 2.45) is 5.73 Å². The molecule has 3 N–H and O–H groups in total. The number of aromatic nitrogens is 1. The Kier molecular flexibility index (Phi) is 3.13. The number of hydrogen-bond donors (Lipinski definition) is 2. The molecule has 0 aliphatic rings. The van der Waals surface area contributed by atoms with Gasteiger partial charge in [-0.1, -0.05) is 12.1 Å². The highest BCUT2D eigenvalue weighted by molar-refractivity contribution is 5.91. The Balaban J connectivity index is 2.81. The molecule has 1 atom stereocenters. The molecule has 0 saturated carbocycles. The first kappa shape index (κ1) is 12.6. The summed E-state index contributed by atoms with van der Waals surface area (Å²) in [5.41, 5.74) is 9.67. The highest BCUT2D eigenvalue weighted by atomic mass is 16.4. The Hall–Kier alpha value is -1.81. The van der Waals surface area contributed by atoms with Crippen LogP contribution in [0.2, 0.25) is 0 Å². The quantitative estimate of drug-likeness (QED) is 0.873. The summed E-state index contributed by atoms with van der Waals surface area (Å²) in [5.74, 6) is -0.992. The lowest BCUT2D eigenvalue weighted by atomic mass is 10.0. The summed E-state index contributed by atoms with van der Waals surface area (Å²) in [7, 11) is 0. The minimum absolute atomic E-state index is 0.722. The van der Waals surface area contributed by atoms with Gasteiger partial charge in [-0.15, -0.1) is 0 Å². The van der Waals surface area contributed by atoms with Crippen molar-refractivity contribution in [3.63, 3.8) is 0 Å². The Bertz CT molecular complexity index is 614. The highest BCUT2D eigenvalue weighted by Crippen LogP contribution is 2.30. The Morgan fingerprint density at radius 1 is 1.44 bits per heavy atom. The fourth-order valence-corrected chi connectivity index (χ4v) is 2.54. The zero-order chi connectivity index (χ0) is 13.4. The molecule has 18 heavy (non-hydrogen) atoms. The van der Waals surface area contributed by atoms with Gasteiger partial charge in [0.15, 0.2) is 0 Å². The van der Waals surface area contributed by atoms with Gasteiger partial charge in [0.05, 0.1) is 0 Å². The molecule has 1 aromatic heterocycles. The fourth-order valence-electron chi connectivity index (χ4n) is 2.54. The molecular formula is C14H18N2O2. The van der Waals surface area contributed by atoms with Crippen LogP contribution in [0, 0.1) is 13.8 Å². The van der Waals surface area contributed by atoms with Crippen LogP contribution in [0.25, 0.3) is 10.9 Å². The van der Waals surface area contributed by atoms with Crippen molar-refractivity contribution < 1.29 is 9.90 Å². The molecule has 0 aliphatic carbocycles. The molecule has 4 nitrogen and oxygen atoms in total. The van der Waals surface area contributed by atoms with Crippen molar-refractivity contribution in [3.05, 3.63) is 35.0 Å². The van der Waals surface area contributed by atoms with Gasteiger partial charge in [-0.2, -0.15) is 0 Å². The van der Waals surface area contributed by atoms with E-state index in [-0.39, 0.29) is 0 Å². The third kappa shape index (κ3) is 1.78. The van der Waals surface area contributed by atoms with Crippen LogP contribution in [0.3, 0.4) is 0 Å². The summed E-state index contributed by atoms with van der Waals surface area (Å²) >= 11 is 0. The van der Waals surface area contributed by atoms with Crippen LogP contribution < -0.4 is 5.73 Å². The molecule has 4 heteroatoms. The van der Waals surface area contributed by atoms with Crippen LogP contribution in [0.4, 0.5) is 0 Å². The molecular weight excluding hydrogens is 228 g/mol. The number of nitrogens with two attached hydrogens (primary N) is 1. The number of carboxylic acid groups (broad SMARTS) is 1. The summed E-state index contributed by atoms with van der Waals surface area (Å²) in [6.45, 7) is 6.80. The maximum absolute atomic E-state index is 11.1. The molecule has 0 spiro atoms. The summed E-state index contributed by atoms with van der Waals surface area (Å²) in [5, 5.41) is 10.1. The highest BCUT2D eigenvalue weighted by Gasteiger charge is 2.23. The van der Waals surface area contributed by atoms with E-state index < -0.39 is 12.0 Å². The average molecular weight is 246 g/mol. The van der Waals surface area contributed by atoms with Gasteiger partial charge < -0.3 is 15.4 Å². The van der Waals surface area contributed by atoms with Crippen molar-refractivity contribution in [1.82, 2.24) is 4.57 Å². The SMILES string of the molecule is CCn1c(C)c(C(N)C(=O)O)c2ccc(C)cc21. The topological polar surface area (TPSA) is 68.2 Å². The number of aryl methyl sites for hydroxylation is 2. The predicted octanol–water partition coefficient (Wildman–Crippen LogP) is 2.36. The van der Waals surface area contributed by atoms with E-state index in [0.717, 1.165) is 34.3 Å². The van der Waals surface area contributed by atoms with E-state index in [9.17, 15) is 4.79 Å². The first-order valence-corrected chi connectivity index (χ1v) is 6.05. The Labute approximate surface area is 106 Å². The van der Waals surface area contributed by atoms with Gasteiger partial charge in [0.2, 0.25) is 0 Å². The standard InChI is InChI=1S/C14H18N2O2/c1-4-16-9(3)12(13(15)14(17)18)10-6-5-8(2)7-11(10)16/h5-7,13H,4,15H2,1-3H3,(H,17,18). The normalized spacial score (nSPS) is 12.9. The summed E-state index contributed by atoms with van der Waals surface area (Å²) in [6.07, 6.45) is 0. The van der Waals surface area contributed by atoms with Crippen molar-refractivity contribution in [3.8, 4) is 0 Å². The first-order valence-electron chi connectivity index (χ1n) is 6.05. The molecule has 0 bridgehead atoms. The maximum atomic E-state index is 11.1. The van der Waals surface area contributed by atoms with Crippen LogP contribution in [0.5, 0.6) is 0 Å². The molecule has 1 heterocycles. The summed E-state index contributed by atoms with van der Waals surface area (Å²) in [6, 6.07) is 5.05. The second kappa shape index (κ2) is 4.46. The molecule has 0 aliphatic heterocycles. The molecule has 2 rings (SSSR count). The molecule has 0 amide bonds. The molecule has 96 valence electrons. The number of hydrogen-bond acceptors (Lipinski definition) is 2. The van der Waals surface area contributed by atoms with Crippen molar-refractivity contribution in [2.45, 2.75) is 33.4 Å². The van der Waals surface area contributed by atoms with Crippen LogP contribution in [0.1, 0.15) is 29.8 Å². The van der Waals surface area contributed by atoms with Crippen molar-refractivity contribution >= 4 is 16.9 Å². The van der Waals surface area contributed by atoms with Crippen molar-refractivity contribution in [1.29, 1.82) is 0 Å². The second-order valence-corrected chi connectivity index (χ2v) is 4.58. The van der Waals surface area contributed by atoms with E-state index in [1.54, 1.807) is 0 Å². The zero-order valence-corrected chi connectivity index (χ0v) is 10.9. The van der Waals surface area contributed by atoms with Crippen LogP contribution in [-0.4, -0.2) is 15.6 Å². The lowest BCUT2D eigenvalue weighted by Gasteiger charge is -2.08. The van der Waals surface area contributed by atoms with E-state index in [1.807, 2.05) is 32.9 Å². The van der Waals surface area contributed by atoms with Gasteiger partial charge in [0.1, 0.15) is 6.04 Å². The van der Waals surface area contributed by atoms with E-state index in [2.05, 4.69) is 10.6 Å². The number of carbonyl (C=O) groups is 1. The first-order chi connectivity index (χ1) is 8.47. The van der Waals surface area contributed by atoms with E-state index in [1.165, 1.54) is 0 Å². The fraction of sp³-hybridized carbons (Fsp3) is 0.357. The minimum atomic E-state index is -0.992. The number of benzene rings is 1. The van der Waals surface area contributed by atoms with Gasteiger partial charge in [-0.3, -0.25) is 4.79 Å². The maximum Gasteiger partial charge on any atom is 0.325 e. The van der Waals surface area contributed by atoms with Gasteiger partial charge in [0, 0.05) is 28.7 Å².